The number of aromatic nitrogens is 7. The molecule has 0 saturated carbocycles. The molecule has 4 aromatic rings. The molecule has 1 saturated heterocycles. The van der Waals surface area contributed by atoms with E-state index in [2.05, 4.69) is 45.4 Å². The average Bonchev–Trinajstić information content (AvgIpc) is 3.25. The van der Waals surface area contributed by atoms with Crippen molar-refractivity contribution >= 4 is 28.7 Å². The van der Waals surface area contributed by atoms with E-state index < -0.39 is 0 Å². The van der Waals surface area contributed by atoms with Crippen LogP contribution < -0.4 is 15.1 Å². The number of piperazine rings is 1. The Bertz CT molecular complexity index is 1130. The van der Waals surface area contributed by atoms with Crippen molar-refractivity contribution in [3.63, 3.8) is 0 Å². The van der Waals surface area contributed by atoms with Crippen LogP contribution in [0.1, 0.15) is 6.92 Å². The van der Waals surface area contributed by atoms with E-state index in [9.17, 15) is 0 Å². The summed E-state index contributed by atoms with van der Waals surface area (Å²) in [5.74, 6) is 2.41. The predicted octanol–water partition coefficient (Wildman–Crippen LogP) is 1.76. The van der Waals surface area contributed by atoms with Crippen LogP contribution in [0.2, 0.25) is 0 Å². The largest absolute Gasteiger partial charge is 0.354 e. The summed E-state index contributed by atoms with van der Waals surface area (Å²) in [6.45, 7) is 6.12. The SMILES string of the molecule is CCNc1nccc(N2CCN(c3ncnc4c3nnn4-c3ccccc3)CC2)n1. The van der Waals surface area contributed by atoms with Crippen molar-refractivity contribution < 1.29 is 0 Å². The molecular formula is C20H22N10. The van der Waals surface area contributed by atoms with Gasteiger partial charge in [0.2, 0.25) is 5.95 Å². The minimum atomic E-state index is 0.660. The average molecular weight is 402 g/mol. The zero-order valence-electron chi connectivity index (χ0n) is 16.7. The van der Waals surface area contributed by atoms with Gasteiger partial charge in [0.05, 0.1) is 5.69 Å². The number of rotatable bonds is 5. The molecular weight excluding hydrogens is 380 g/mol. The molecule has 0 amide bonds. The Morgan fingerprint density at radius 2 is 1.73 bits per heavy atom. The van der Waals surface area contributed by atoms with Crippen LogP contribution in [0.15, 0.2) is 48.9 Å². The number of benzene rings is 1. The third-order valence-electron chi connectivity index (χ3n) is 5.10. The first-order valence-electron chi connectivity index (χ1n) is 10.0. The van der Waals surface area contributed by atoms with Gasteiger partial charge in [-0.2, -0.15) is 9.67 Å². The van der Waals surface area contributed by atoms with Gasteiger partial charge < -0.3 is 15.1 Å². The quantitative estimate of drug-likeness (QED) is 0.535. The van der Waals surface area contributed by atoms with Gasteiger partial charge in [-0.15, -0.1) is 5.10 Å². The fourth-order valence-corrected chi connectivity index (χ4v) is 3.63. The van der Waals surface area contributed by atoms with Gasteiger partial charge >= 0.3 is 0 Å². The van der Waals surface area contributed by atoms with Crippen LogP contribution in [0.4, 0.5) is 17.6 Å². The molecule has 1 aliphatic rings. The fourth-order valence-electron chi connectivity index (χ4n) is 3.63. The Morgan fingerprint density at radius 3 is 2.53 bits per heavy atom. The van der Waals surface area contributed by atoms with Crippen LogP contribution in [0.5, 0.6) is 0 Å². The molecule has 3 aromatic heterocycles. The lowest BCUT2D eigenvalue weighted by Crippen LogP contribution is -2.47. The lowest BCUT2D eigenvalue weighted by molar-refractivity contribution is 0.642. The van der Waals surface area contributed by atoms with Crippen LogP contribution in [0, 0.1) is 0 Å². The van der Waals surface area contributed by atoms with Gasteiger partial charge in [-0.3, -0.25) is 0 Å². The van der Waals surface area contributed by atoms with Crippen LogP contribution in [0.25, 0.3) is 16.9 Å². The normalized spacial score (nSPS) is 14.3. The highest BCUT2D eigenvalue weighted by atomic mass is 15.5. The lowest BCUT2D eigenvalue weighted by atomic mass is 10.3. The van der Waals surface area contributed by atoms with Gasteiger partial charge in [0.1, 0.15) is 12.1 Å². The number of anilines is 3. The number of hydrogen-bond acceptors (Lipinski definition) is 9. The van der Waals surface area contributed by atoms with Crippen LogP contribution in [0.3, 0.4) is 0 Å². The highest BCUT2D eigenvalue weighted by molar-refractivity contribution is 5.83. The third-order valence-corrected chi connectivity index (χ3v) is 5.10. The van der Waals surface area contributed by atoms with E-state index in [0.717, 1.165) is 50.0 Å². The molecule has 5 rings (SSSR count). The van der Waals surface area contributed by atoms with Crippen LogP contribution in [-0.4, -0.2) is 67.7 Å². The molecule has 1 aliphatic heterocycles. The molecule has 0 atom stereocenters. The summed E-state index contributed by atoms with van der Waals surface area (Å²) in [7, 11) is 0. The molecule has 4 heterocycles. The van der Waals surface area contributed by atoms with Crippen LogP contribution in [-0.2, 0) is 0 Å². The fraction of sp³-hybridized carbons (Fsp3) is 0.300. The predicted molar refractivity (Wildman–Crippen MR) is 115 cm³/mol. The summed E-state index contributed by atoms with van der Waals surface area (Å²) in [5, 5.41) is 11.9. The highest BCUT2D eigenvalue weighted by Crippen LogP contribution is 2.24. The maximum absolute atomic E-state index is 4.60. The van der Waals surface area contributed by atoms with Crippen molar-refractivity contribution in [2.75, 3.05) is 47.8 Å². The molecule has 30 heavy (non-hydrogen) atoms. The summed E-state index contributed by atoms with van der Waals surface area (Å²) in [4.78, 5) is 22.3. The number of fused-ring (bicyclic) bond motifs is 1. The van der Waals surface area contributed by atoms with Crippen LogP contribution >= 0.6 is 0 Å². The topological polar surface area (TPSA) is 101 Å². The Kier molecular flexibility index (Phi) is 4.80. The Labute approximate surface area is 173 Å². The zero-order chi connectivity index (χ0) is 20.3. The maximum atomic E-state index is 4.60. The van der Waals surface area contributed by atoms with E-state index >= 15 is 0 Å². The summed E-state index contributed by atoms with van der Waals surface area (Å²) in [5.41, 5.74) is 2.35. The minimum absolute atomic E-state index is 0.660. The smallest absolute Gasteiger partial charge is 0.224 e. The summed E-state index contributed by atoms with van der Waals surface area (Å²) in [6, 6.07) is 11.8. The summed E-state index contributed by atoms with van der Waals surface area (Å²) >= 11 is 0. The standard InChI is InChI=1S/C20H22N10/c1-2-21-20-22-9-8-16(25-20)28-10-12-29(13-11-28)18-17-19(24-14-23-18)30(27-26-17)15-6-4-3-5-7-15/h3-9,14H,2,10-13H2,1H3,(H,21,22,25). The van der Waals surface area contributed by atoms with Crippen molar-refractivity contribution in [3.05, 3.63) is 48.9 Å². The van der Waals surface area contributed by atoms with Gasteiger partial charge in [0, 0.05) is 38.9 Å². The molecule has 10 heteroatoms. The second kappa shape index (κ2) is 7.90. The van der Waals surface area contributed by atoms with Crippen molar-refractivity contribution in [1.82, 2.24) is 34.9 Å². The highest BCUT2D eigenvalue weighted by Gasteiger charge is 2.23. The molecule has 0 aliphatic carbocycles. The number of nitrogens with zero attached hydrogens (tertiary/aromatic N) is 9. The first-order chi connectivity index (χ1) is 14.8. The van der Waals surface area contributed by atoms with E-state index in [0.29, 0.717) is 17.1 Å². The summed E-state index contributed by atoms with van der Waals surface area (Å²) in [6.07, 6.45) is 3.38. The van der Waals surface area contributed by atoms with E-state index in [1.165, 1.54) is 0 Å². The molecule has 152 valence electrons. The molecule has 1 N–H and O–H groups in total. The zero-order valence-corrected chi connectivity index (χ0v) is 16.7. The van der Waals surface area contributed by atoms with Gasteiger partial charge in [-0.05, 0) is 25.1 Å². The molecule has 0 bridgehead atoms. The maximum Gasteiger partial charge on any atom is 0.224 e. The second-order valence-corrected chi connectivity index (χ2v) is 6.95. The Morgan fingerprint density at radius 1 is 0.933 bits per heavy atom. The van der Waals surface area contributed by atoms with E-state index in [4.69, 9.17) is 0 Å². The van der Waals surface area contributed by atoms with Gasteiger partial charge in [0.25, 0.3) is 0 Å². The van der Waals surface area contributed by atoms with Crippen molar-refractivity contribution in [2.45, 2.75) is 6.92 Å². The second-order valence-electron chi connectivity index (χ2n) is 6.95. The van der Waals surface area contributed by atoms with E-state index in [-0.39, 0.29) is 0 Å². The molecule has 1 fully saturated rings. The first-order valence-corrected chi connectivity index (χ1v) is 10.0. The summed E-state index contributed by atoms with van der Waals surface area (Å²) < 4.78 is 1.75. The molecule has 0 unspecified atom stereocenters. The molecule has 1 aromatic carbocycles. The van der Waals surface area contributed by atoms with Gasteiger partial charge in [-0.25, -0.2) is 15.0 Å². The monoisotopic (exact) mass is 402 g/mol. The third kappa shape index (κ3) is 3.36. The number of para-hydroxylation sites is 1. The Hall–Kier alpha value is -3.82. The van der Waals surface area contributed by atoms with Crippen molar-refractivity contribution in [3.8, 4) is 5.69 Å². The van der Waals surface area contributed by atoms with E-state index in [1.54, 1.807) is 17.2 Å². The van der Waals surface area contributed by atoms with Crippen molar-refractivity contribution in [2.24, 2.45) is 0 Å². The molecule has 0 radical (unpaired) electrons. The number of nitrogens with one attached hydrogen (secondary N) is 1. The van der Waals surface area contributed by atoms with Gasteiger partial charge in [0.15, 0.2) is 17.0 Å². The lowest BCUT2D eigenvalue weighted by Gasteiger charge is -2.35. The molecule has 0 spiro atoms. The number of hydrogen-bond donors (Lipinski definition) is 1. The molecule has 10 nitrogen and oxygen atoms in total. The first kappa shape index (κ1) is 18.2. The van der Waals surface area contributed by atoms with Crippen molar-refractivity contribution in [1.29, 1.82) is 0 Å². The van der Waals surface area contributed by atoms with Gasteiger partial charge in [-0.1, -0.05) is 23.4 Å². The van der Waals surface area contributed by atoms with E-state index in [1.807, 2.05) is 43.3 Å². The minimum Gasteiger partial charge on any atom is -0.354 e. The Balaban J connectivity index is 1.36.